The molecule has 1 unspecified atom stereocenters. The summed E-state index contributed by atoms with van der Waals surface area (Å²) >= 11 is 0. The molecule has 1 aliphatic rings. The average Bonchev–Trinajstić information content (AvgIpc) is 2.19. The fraction of sp³-hybridized carbons (Fsp3) is 0.200. The second-order valence-electron chi connectivity index (χ2n) is 3.10. The highest BCUT2D eigenvalue weighted by Crippen LogP contribution is 2.34. The maximum absolute atomic E-state index is 10.5. The zero-order chi connectivity index (χ0) is 9.31. The molecule has 1 aliphatic carbocycles. The maximum Gasteiger partial charge on any atom is 0.227 e. The van der Waals surface area contributed by atoms with E-state index in [1.807, 2.05) is 18.2 Å². The Morgan fingerprint density at radius 3 is 2.92 bits per heavy atom. The molecule has 13 heavy (non-hydrogen) atoms. The molecule has 2 rings (SSSR count). The van der Waals surface area contributed by atoms with Gasteiger partial charge in [-0.15, -0.1) is 4.91 Å². The van der Waals surface area contributed by atoms with Crippen molar-refractivity contribution in [3.05, 3.63) is 46.4 Å². The van der Waals surface area contributed by atoms with Crippen LogP contribution in [0.2, 0.25) is 0 Å². The van der Waals surface area contributed by atoms with Crippen molar-refractivity contribution in [3.8, 4) is 0 Å². The first-order valence-corrected chi connectivity index (χ1v) is 4.09. The van der Waals surface area contributed by atoms with Crippen molar-refractivity contribution < 1.29 is 5.11 Å². The van der Waals surface area contributed by atoms with Crippen molar-refractivity contribution in [1.29, 1.82) is 0 Å². The number of fused-ring (bicyclic) bond motifs is 1. The van der Waals surface area contributed by atoms with Crippen molar-refractivity contribution in [1.82, 2.24) is 0 Å². The predicted molar refractivity (Wildman–Crippen MR) is 49.8 cm³/mol. The van der Waals surface area contributed by atoms with Crippen LogP contribution in [0.5, 0.6) is 0 Å². The number of nitrogens with zero attached hydrogens (tertiary/aromatic N) is 1. The van der Waals surface area contributed by atoms with Crippen LogP contribution in [0.25, 0.3) is 6.08 Å². The highest BCUT2D eigenvalue weighted by molar-refractivity contribution is 5.58. The third-order valence-corrected chi connectivity index (χ3v) is 2.24. The molecule has 0 saturated carbocycles. The Bertz CT molecular complexity index is 373. The van der Waals surface area contributed by atoms with E-state index in [-0.39, 0.29) is 6.42 Å². The van der Waals surface area contributed by atoms with Crippen molar-refractivity contribution >= 4 is 6.08 Å². The molecular formula is C10H9NO2. The van der Waals surface area contributed by atoms with Crippen LogP contribution in [-0.2, 0) is 5.72 Å². The third-order valence-electron chi connectivity index (χ3n) is 2.24. The Kier molecular flexibility index (Phi) is 1.74. The summed E-state index contributed by atoms with van der Waals surface area (Å²) in [6, 6.07) is 7.22. The van der Waals surface area contributed by atoms with E-state index in [2.05, 4.69) is 5.18 Å². The minimum Gasteiger partial charge on any atom is -0.363 e. The smallest absolute Gasteiger partial charge is 0.227 e. The molecule has 0 amide bonds. The van der Waals surface area contributed by atoms with E-state index < -0.39 is 5.72 Å². The lowest BCUT2D eigenvalue weighted by atomic mass is 9.90. The molecule has 0 radical (unpaired) electrons. The minimum atomic E-state index is -1.56. The molecule has 0 saturated heterocycles. The standard InChI is InChI=1S/C10H9NO2/c12-10(11-13)7-3-5-8-4-1-2-6-9(8)10/h1-6,12H,7H2. The lowest BCUT2D eigenvalue weighted by Crippen LogP contribution is -2.24. The number of nitroso groups, excluding NO2 is 1. The molecule has 0 aliphatic heterocycles. The van der Waals surface area contributed by atoms with Crippen LogP contribution in [-0.4, -0.2) is 5.11 Å². The molecule has 0 aromatic heterocycles. The summed E-state index contributed by atoms with van der Waals surface area (Å²) in [7, 11) is 0. The van der Waals surface area contributed by atoms with Gasteiger partial charge in [-0.05, 0) is 10.7 Å². The van der Waals surface area contributed by atoms with Gasteiger partial charge in [0.2, 0.25) is 5.72 Å². The Morgan fingerprint density at radius 1 is 1.38 bits per heavy atom. The van der Waals surface area contributed by atoms with Crippen LogP contribution in [0.4, 0.5) is 0 Å². The van der Waals surface area contributed by atoms with E-state index in [1.165, 1.54) is 0 Å². The minimum absolute atomic E-state index is 0.257. The average molecular weight is 175 g/mol. The number of benzene rings is 1. The molecule has 1 atom stereocenters. The first-order valence-electron chi connectivity index (χ1n) is 4.09. The molecule has 0 bridgehead atoms. The normalized spacial score (nSPS) is 25.3. The second kappa shape index (κ2) is 2.78. The van der Waals surface area contributed by atoms with Gasteiger partial charge >= 0.3 is 0 Å². The largest absolute Gasteiger partial charge is 0.363 e. The Balaban J connectivity index is 2.61. The van der Waals surface area contributed by atoms with E-state index in [0.29, 0.717) is 5.56 Å². The molecule has 0 fully saturated rings. The van der Waals surface area contributed by atoms with E-state index in [4.69, 9.17) is 0 Å². The maximum atomic E-state index is 10.5. The molecule has 0 spiro atoms. The van der Waals surface area contributed by atoms with Gasteiger partial charge < -0.3 is 5.11 Å². The van der Waals surface area contributed by atoms with Gasteiger partial charge in [-0.1, -0.05) is 36.4 Å². The fourth-order valence-corrected chi connectivity index (χ4v) is 1.55. The van der Waals surface area contributed by atoms with Crippen LogP contribution >= 0.6 is 0 Å². The lowest BCUT2D eigenvalue weighted by molar-refractivity contribution is 0.0464. The molecule has 0 heterocycles. The summed E-state index contributed by atoms with van der Waals surface area (Å²) in [5, 5.41) is 12.6. The third kappa shape index (κ3) is 1.17. The summed E-state index contributed by atoms with van der Waals surface area (Å²) < 4.78 is 0. The fourth-order valence-electron chi connectivity index (χ4n) is 1.55. The summed E-state index contributed by atoms with van der Waals surface area (Å²) in [5.41, 5.74) is -0.117. The molecule has 1 N–H and O–H groups in total. The van der Waals surface area contributed by atoms with Crippen LogP contribution in [0.1, 0.15) is 17.5 Å². The monoisotopic (exact) mass is 175 g/mol. The van der Waals surface area contributed by atoms with Gasteiger partial charge in [0, 0.05) is 12.0 Å². The first-order chi connectivity index (χ1) is 6.26. The molecule has 1 aromatic rings. The SMILES string of the molecule is O=NC1(O)CC=Cc2ccccc21. The molecule has 66 valence electrons. The van der Waals surface area contributed by atoms with Crippen molar-refractivity contribution in [3.63, 3.8) is 0 Å². The first kappa shape index (κ1) is 8.13. The summed E-state index contributed by atoms with van der Waals surface area (Å²) in [6.45, 7) is 0. The Hall–Kier alpha value is -1.48. The summed E-state index contributed by atoms with van der Waals surface area (Å²) in [4.78, 5) is 10.5. The van der Waals surface area contributed by atoms with Crippen molar-refractivity contribution in [2.45, 2.75) is 12.1 Å². The Labute approximate surface area is 75.7 Å². The van der Waals surface area contributed by atoms with Gasteiger partial charge in [0.1, 0.15) is 0 Å². The molecule has 3 nitrogen and oxygen atoms in total. The molecular weight excluding hydrogens is 166 g/mol. The van der Waals surface area contributed by atoms with Gasteiger partial charge in [-0.2, -0.15) is 0 Å². The van der Waals surface area contributed by atoms with Gasteiger partial charge in [0.05, 0.1) is 0 Å². The number of aliphatic hydroxyl groups is 1. The quantitative estimate of drug-likeness (QED) is 0.664. The van der Waals surface area contributed by atoms with Gasteiger partial charge in [0.15, 0.2) is 0 Å². The van der Waals surface area contributed by atoms with Crippen LogP contribution < -0.4 is 0 Å². The topological polar surface area (TPSA) is 49.7 Å². The predicted octanol–water partition coefficient (Wildman–Crippen LogP) is 2.01. The van der Waals surface area contributed by atoms with Crippen LogP contribution in [0.3, 0.4) is 0 Å². The van der Waals surface area contributed by atoms with Gasteiger partial charge in [-0.3, -0.25) is 0 Å². The number of rotatable bonds is 1. The van der Waals surface area contributed by atoms with E-state index in [9.17, 15) is 10.0 Å². The Morgan fingerprint density at radius 2 is 2.15 bits per heavy atom. The summed E-state index contributed by atoms with van der Waals surface area (Å²) in [5.74, 6) is 0. The summed E-state index contributed by atoms with van der Waals surface area (Å²) in [6.07, 6.45) is 3.90. The zero-order valence-corrected chi connectivity index (χ0v) is 6.97. The van der Waals surface area contributed by atoms with Crippen molar-refractivity contribution in [2.75, 3.05) is 0 Å². The highest BCUT2D eigenvalue weighted by Gasteiger charge is 2.33. The number of hydrogen-bond acceptors (Lipinski definition) is 3. The molecule has 3 heteroatoms. The highest BCUT2D eigenvalue weighted by atomic mass is 16.4. The van der Waals surface area contributed by atoms with E-state index in [0.717, 1.165) is 5.56 Å². The molecule has 1 aromatic carbocycles. The van der Waals surface area contributed by atoms with Crippen LogP contribution in [0.15, 0.2) is 35.5 Å². The van der Waals surface area contributed by atoms with Crippen molar-refractivity contribution in [2.24, 2.45) is 5.18 Å². The van der Waals surface area contributed by atoms with Crippen LogP contribution in [0, 0.1) is 4.91 Å². The second-order valence-corrected chi connectivity index (χ2v) is 3.10. The number of hydrogen-bond donors (Lipinski definition) is 1. The van der Waals surface area contributed by atoms with E-state index in [1.54, 1.807) is 18.2 Å². The van der Waals surface area contributed by atoms with E-state index >= 15 is 0 Å². The van der Waals surface area contributed by atoms with Gasteiger partial charge in [-0.25, -0.2) is 0 Å². The van der Waals surface area contributed by atoms with Gasteiger partial charge in [0.25, 0.3) is 0 Å². The zero-order valence-electron chi connectivity index (χ0n) is 6.97. The lowest BCUT2D eigenvalue weighted by Gasteiger charge is -2.23.